The average Bonchev–Trinajstić information content (AvgIpc) is 3.27. The number of nitrogens with zero attached hydrogens (tertiary/aromatic N) is 1. The Bertz CT molecular complexity index is 1530. The Kier molecular flexibility index (Phi) is 12.7. The largest absolute Gasteiger partial charge is 0.463 e. The molecule has 2 amide bonds. The lowest BCUT2D eigenvalue weighted by molar-refractivity contribution is -0.338. The zero-order valence-corrected chi connectivity index (χ0v) is 29.0. The number of imide groups is 1. The first-order valence-corrected chi connectivity index (χ1v) is 16.0. The number of ether oxygens (including phenoxy) is 9. The molecule has 10 atom stereocenters. The van der Waals surface area contributed by atoms with Gasteiger partial charge in [0.25, 0.3) is 11.8 Å². The maximum Gasteiger partial charge on any atom is 0.303 e. The minimum atomic E-state index is -1.84. The number of esters is 6. The van der Waals surface area contributed by atoms with E-state index in [1.54, 1.807) is 0 Å². The minimum Gasteiger partial charge on any atom is -0.463 e. The lowest BCUT2D eigenvalue weighted by Gasteiger charge is -2.49. The van der Waals surface area contributed by atoms with Gasteiger partial charge in [0.2, 0.25) is 0 Å². The van der Waals surface area contributed by atoms with Gasteiger partial charge in [-0.15, -0.1) is 0 Å². The molecule has 19 heteroatoms. The maximum atomic E-state index is 13.6. The summed E-state index contributed by atoms with van der Waals surface area (Å²) in [6.45, 7) is 5.13. The highest BCUT2D eigenvalue weighted by atomic mass is 35.5. The van der Waals surface area contributed by atoms with Crippen LogP contribution >= 0.6 is 11.6 Å². The number of hydrogen-bond donors (Lipinski definition) is 0. The highest BCUT2D eigenvalue weighted by Crippen LogP contribution is 2.39. The van der Waals surface area contributed by atoms with Crippen molar-refractivity contribution in [1.82, 2.24) is 4.90 Å². The number of hydrogen-bond acceptors (Lipinski definition) is 17. The van der Waals surface area contributed by atoms with Gasteiger partial charge < -0.3 is 42.6 Å². The van der Waals surface area contributed by atoms with Crippen LogP contribution in [0.15, 0.2) is 24.3 Å². The molecular weight excluding hydrogens is 706 g/mol. The number of halogens is 1. The first kappa shape index (κ1) is 39.1. The number of rotatable bonds is 11. The van der Waals surface area contributed by atoms with Crippen LogP contribution < -0.4 is 0 Å². The Morgan fingerprint density at radius 2 is 1.04 bits per heavy atom. The van der Waals surface area contributed by atoms with E-state index in [0.29, 0.717) is 0 Å². The SMILES string of the molecule is CC(=O)OC[C@H]1O[C@@H](O[C@H]2[C@H](OC(C)=O)[C@@H](N3C(=O)c4ccccc4C3=O)[C@H](Cl)O[C@@H]2COC(C)=O)[C@H](OC(C)=O)[C@@H](OC(C)=O)[C@H]1OC(C)=O. The normalized spacial score (nSPS) is 30.1. The maximum absolute atomic E-state index is 13.6. The van der Waals surface area contributed by atoms with Gasteiger partial charge in [-0.2, -0.15) is 0 Å². The number of amides is 2. The predicted molar refractivity (Wildman–Crippen MR) is 164 cm³/mol. The van der Waals surface area contributed by atoms with Crippen molar-refractivity contribution in [3.63, 3.8) is 0 Å². The number of fused-ring (bicyclic) bond motifs is 1. The standard InChI is InChI=1S/C32H36ClNO17/c1-13(35)43-11-21-24(26(46-16(4)38)23(29(33)49-21)34-30(41)19-9-7-8-10-20(19)31(34)42)51-32-28(48-18(6)40)27(47-17(5)39)25(45-15(3)37)22(50-32)12-44-14(2)36/h7-10,21-29,32H,11-12H2,1-6H3/t21-,22-,23-,24-,25+,26-,27+,28-,29-,32+/m1/s1. The number of carbonyl (C=O) groups is 8. The molecule has 0 bridgehead atoms. The van der Waals surface area contributed by atoms with Gasteiger partial charge >= 0.3 is 35.8 Å². The number of carbonyl (C=O) groups excluding carboxylic acids is 8. The summed E-state index contributed by atoms with van der Waals surface area (Å²) in [5, 5.41) is 0. The van der Waals surface area contributed by atoms with E-state index in [1.165, 1.54) is 24.3 Å². The number of alkyl halides is 1. The van der Waals surface area contributed by atoms with E-state index in [0.717, 1.165) is 46.4 Å². The zero-order valence-electron chi connectivity index (χ0n) is 28.3. The predicted octanol–water partition coefficient (Wildman–Crippen LogP) is 0.578. The van der Waals surface area contributed by atoms with Crippen LogP contribution in [0.1, 0.15) is 62.3 Å². The second-order valence-electron chi connectivity index (χ2n) is 11.6. The molecule has 3 aliphatic heterocycles. The van der Waals surface area contributed by atoms with Gasteiger partial charge in [-0.1, -0.05) is 23.7 Å². The topological polar surface area (TPSA) is 223 Å². The molecule has 2 fully saturated rings. The van der Waals surface area contributed by atoms with Crippen molar-refractivity contribution in [3.8, 4) is 0 Å². The Morgan fingerprint density at radius 3 is 1.51 bits per heavy atom. The first-order valence-electron chi connectivity index (χ1n) is 15.5. The molecule has 1 aromatic carbocycles. The molecule has 278 valence electrons. The van der Waals surface area contributed by atoms with Crippen molar-refractivity contribution in [1.29, 1.82) is 0 Å². The van der Waals surface area contributed by atoms with Crippen molar-refractivity contribution in [2.24, 2.45) is 0 Å². The molecule has 0 aliphatic carbocycles. The summed E-state index contributed by atoms with van der Waals surface area (Å²) in [5.74, 6) is -6.76. The summed E-state index contributed by atoms with van der Waals surface area (Å²) in [6, 6.07) is 4.33. The molecule has 51 heavy (non-hydrogen) atoms. The van der Waals surface area contributed by atoms with Crippen LogP contribution in [0.3, 0.4) is 0 Å². The quantitative estimate of drug-likeness (QED) is 0.131. The fourth-order valence-corrected chi connectivity index (χ4v) is 6.29. The lowest BCUT2D eigenvalue weighted by Crippen LogP contribution is -2.68. The summed E-state index contributed by atoms with van der Waals surface area (Å²) in [6.07, 6.45) is -12.9. The Balaban J connectivity index is 1.84. The molecule has 3 aliphatic rings. The molecule has 0 radical (unpaired) electrons. The van der Waals surface area contributed by atoms with Gasteiger partial charge in [0.15, 0.2) is 36.3 Å². The van der Waals surface area contributed by atoms with Crippen molar-refractivity contribution in [2.75, 3.05) is 13.2 Å². The van der Waals surface area contributed by atoms with Gasteiger partial charge in [-0.05, 0) is 12.1 Å². The summed E-state index contributed by atoms with van der Waals surface area (Å²) in [7, 11) is 0. The average molecular weight is 742 g/mol. The van der Waals surface area contributed by atoms with Crippen molar-refractivity contribution in [3.05, 3.63) is 35.4 Å². The van der Waals surface area contributed by atoms with Crippen molar-refractivity contribution in [2.45, 2.75) is 102 Å². The third-order valence-electron chi connectivity index (χ3n) is 7.72. The van der Waals surface area contributed by atoms with Crippen LogP contribution in [0.25, 0.3) is 0 Å². The van der Waals surface area contributed by atoms with E-state index >= 15 is 0 Å². The van der Waals surface area contributed by atoms with Crippen molar-refractivity contribution >= 4 is 59.2 Å². The second kappa shape index (κ2) is 16.6. The fraction of sp³-hybridized carbons (Fsp3) is 0.562. The third-order valence-corrected chi connectivity index (χ3v) is 8.08. The third kappa shape index (κ3) is 9.18. The van der Waals surface area contributed by atoms with Crippen LogP contribution in [0.5, 0.6) is 0 Å². The van der Waals surface area contributed by atoms with E-state index in [-0.39, 0.29) is 11.1 Å². The smallest absolute Gasteiger partial charge is 0.303 e. The highest BCUT2D eigenvalue weighted by Gasteiger charge is 2.59. The Morgan fingerprint density at radius 1 is 0.608 bits per heavy atom. The Labute approximate surface area is 295 Å². The van der Waals surface area contributed by atoms with Crippen LogP contribution in [-0.4, -0.2) is 126 Å². The van der Waals surface area contributed by atoms with Gasteiger partial charge in [-0.25, -0.2) is 0 Å². The van der Waals surface area contributed by atoms with E-state index in [9.17, 15) is 38.4 Å². The molecule has 2 saturated heterocycles. The zero-order chi connectivity index (χ0) is 37.7. The Hall–Kier alpha value is -4.65. The molecule has 0 N–H and O–H groups in total. The van der Waals surface area contributed by atoms with E-state index < -0.39 is 121 Å². The van der Waals surface area contributed by atoms with Crippen LogP contribution in [0.2, 0.25) is 0 Å². The highest BCUT2D eigenvalue weighted by molar-refractivity contribution is 6.24. The summed E-state index contributed by atoms with van der Waals surface area (Å²) < 4.78 is 50.6. The molecule has 18 nitrogen and oxygen atoms in total. The second-order valence-corrected chi connectivity index (χ2v) is 12.0. The van der Waals surface area contributed by atoms with Crippen LogP contribution in [0.4, 0.5) is 0 Å². The lowest BCUT2D eigenvalue weighted by atomic mass is 9.94. The fourth-order valence-electron chi connectivity index (χ4n) is 5.90. The van der Waals surface area contributed by atoms with E-state index in [4.69, 9.17) is 54.2 Å². The summed E-state index contributed by atoms with van der Waals surface area (Å²) in [5.41, 5.74) is -1.51. The van der Waals surface area contributed by atoms with Crippen LogP contribution in [-0.2, 0) is 71.4 Å². The molecular formula is C32H36ClNO17. The first-order chi connectivity index (χ1) is 24.0. The number of benzene rings is 1. The molecule has 0 unspecified atom stereocenters. The van der Waals surface area contributed by atoms with Crippen molar-refractivity contribution < 1.29 is 81.0 Å². The molecule has 0 aromatic heterocycles. The molecule has 3 heterocycles. The summed E-state index contributed by atoms with van der Waals surface area (Å²) >= 11 is 6.66. The van der Waals surface area contributed by atoms with E-state index in [2.05, 4.69) is 0 Å². The summed E-state index contributed by atoms with van der Waals surface area (Å²) in [4.78, 5) is 101. The van der Waals surface area contributed by atoms with Gasteiger partial charge in [0.05, 0.1) is 11.1 Å². The van der Waals surface area contributed by atoms with Gasteiger partial charge in [0.1, 0.15) is 37.6 Å². The monoisotopic (exact) mass is 741 g/mol. The molecule has 0 spiro atoms. The molecule has 1 aromatic rings. The minimum absolute atomic E-state index is 0.0343. The molecule has 4 rings (SSSR count). The molecule has 0 saturated carbocycles. The van der Waals surface area contributed by atoms with Crippen LogP contribution in [0, 0.1) is 0 Å². The van der Waals surface area contributed by atoms with Gasteiger partial charge in [0, 0.05) is 41.5 Å². The van der Waals surface area contributed by atoms with E-state index in [1.807, 2.05) is 0 Å². The van der Waals surface area contributed by atoms with Gasteiger partial charge in [-0.3, -0.25) is 43.3 Å².